The summed E-state index contributed by atoms with van der Waals surface area (Å²) >= 11 is 0. The molecule has 0 aliphatic carbocycles. The van der Waals surface area contributed by atoms with Gasteiger partial charge in [0.1, 0.15) is 11.8 Å². The van der Waals surface area contributed by atoms with Gasteiger partial charge < -0.3 is 14.8 Å². The molecule has 0 bridgehead atoms. The van der Waals surface area contributed by atoms with E-state index in [0.717, 1.165) is 6.42 Å². The Hall–Kier alpha value is -1.69. The number of benzene rings is 1. The maximum Gasteiger partial charge on any atom is 0.387 e. The molecule has 1 aromatic carbocycles. The van der Waals surface area contributed by atoms with E-state index in [1.807, 2.05) is 6.92 Å². The normalized spacial score (nSPS) is 12.3. The van der Waals surface area contributed by atoms with Gasteiger partial charge in [-0.2, -0.15) is 8.78 Å². The largest absolute Gasteiger partial charge is 0.468 e. The van der Waals surface area contributed by atoms with Gasteiger partial charge in [0.05, 0.1) is 7.11 Å². The first-order valence-electron chi connectivity index (χ1n) is 5.94. The van der Waals surface area contributed by atoms with Crippen molar-refractivity contribution in [3.05, 3.63) is 29.8 Å². The summed E-state index contributed by atoms with van der Waals surface area (Å²) in [5.41, 5.74) is 0.641. The molecule has 6 heteroatoms. The second-order valence-electron chi connectivity index (χ2n) is 3.86. The van der Waals surface area contributed by atoms with Gasteiger partial charge in [-0.15, -0.1) is 0 Å². The number of hydrogen-bond donors (Lipinski definition) is 1. The molecule has 0 saturated heterocycles. The summed E-state index contributed by atoms with van der Waals surface area (Å²) in [6, 6.07) is 5.30. The Balaban J connectivity index is 2.81. The van der Waals surface area contributed by atoms with Crippen LogP contribution in [-0.2, 0) is 9.53 Å². The summed E-state index contributed by atoms with van der Waals surface area (Å²) in [5.74, 6) is -0.367. The molecule has 0 amide bonds. The lowest BCUT2D eigenvalue weighted by atomic mass is 10.1. The molecule has 0 aromatic heterocycles. The van der Waals surface area contributed by atoms with E-state index < -0.39 is 18.6 Å². The summed E-state index contributed by atoms with van der Waals surface area (Å²) in [6.45, 7) is -0.240. The minimum Gasteiger partial charge on any atom is -0.468 e. The summed E-state index contributed by atoms with van der Waals surface area (Å²) in [7, 11) is 1.30. The van der Waals surface area contributed by atoms with Crippen LogP contribution in [0.1, 0.15) is 24.9 Å². The van der Waals surface area contributed by atoms with E-state index in [9.17, 15) is 13.6 Å². The van der Waals surface area contributed by atoms with Gasteiger partial charge in [0.15, 0.2) is 0 Å². The maximum absolute atomic E-state index is 12.0. The van der Waals surface area contributed by atoms with Crippen molar-refractivity contribution in [1.29, 1.82) is 0 Å². The number of methoxy groups -OCH3 is 1. The molecule has 1 N–H and O–H groups in total. The highest BCUT2D eigenvalue weighted by atomic mass is 19.3. The molecule has 0 saturated carbocycles. The highest BCUT2D eigenvalue weighted by molar-refractivity contribution is 5.77. The number of esters is 1. The molecule has 0 fully saturated rings. The summed E-state index contributed by atoms with van der Waals surface area (Å²) in [4.78, 5) is 11.6. The van der Waals surface area contributed by atoms with Crippen LogP contribution in [0.15, 0.2) is 24.3 Å². The van der Waals surface area contributed by atoms with Gasteiger partial charge in [0.25, 0.3) is 0 Å². The molecule has 0 heterocycles. The highest BCUT2D eigenvalue weighted by Gasteiger charge is 2.20. The Kier molecular flexibility index (Phi) is 6.21. The van der Waals surface area contributed by atoms with Crippen molar-refractivity contribution in [2.75, 3.05) is 13.7 Å². The van der Waals surface area contributed by atoms with Crippen LogP contribution in [-0.4, -0.2) is 26.2 Å². The van der Waals surface area contributed by atoms with Gasteiger partial charge in [-0.1, -0.05) is 19.1 Å². The fourth-order valence-corrected chi connectivity index (χ4v) is 1.59. The Morgan fingerprint density at radius 1 is 1.32 bits per heavy atom. The van der Waals surface area contributed by atoms with Crippen molar-refractivity contribution in [2.45, 2.75) is 26.0 Å². The summed E-state index contributed by atoms with van der Waals surface area (Å²) < 4.78 is 33.0. The topological polar surface area (TPSA) is 47.6 Å². The van der Waals surface area contributed by atoms with Crippen LogP contribution in [0.3, 0.4) is 0 Å². The Bertz CT molecular complexity index is 395. The third-order valence-electron chi connectivity index (χ3n) is 2.47. The van der Waals surface area contributed by atoms with Crippen LogP contribution < -0.4 is 10.1 Å². The highest BCUT2D eigenvalue weighted by Crippen LogP contribution is 2.20. The first kappa shape index (κ1) is 15.4. The SMILES string of the molecule is CCCNC(C(=O)OC)c1ccc(OC(F)F)cc1. The maximum atomic E-state index is 12.0. The van der Waals surface area contributed by atoms with E-state index in [1.165, 1.54) is 19.2 Å². The minimum atomic E-state index is -2.86. The van der Waals surface area contributed by atoms with E-state index in [2.05, 4.69) is 10.1 Å². The Labute approximate surface area is 110 Å². The molecule has 1 aromatic rings. The second kappa shape index (κ2) is 7.68. The number of rotatable bonds is 7. The van der Waals surface area contributed by atoms with Crippen molar-refractivity contribution >= 4 is 5.97 Å². The van der Waals surface area contributed by atoms with Crippen molar-refractivity contribution in [3.63, 3.8) is 0 Å². The van der Waals surface area contributed by atoms with Crippen LogP contribution in [0, 0.1) is 0 Å². The van der Waals surface area contributed by atoms with E-state index in [4.69, 9.17) is 4.74 Å². The van der Waals surface area contributed by atoms with Crippen LogP contribution in [0.2, 0.25) is 0 Å². The van der Waals surface area contributed by atoms with Crippen LogP contribution >= 0.6 is 0 Å². The van der Waals surface area contributed by atoms with Crippen molar-refractivity contribution in [1.82, 2.24) is 5.32 Å². The predicted octanol–water partition coefficient (Wildman–Crippen LogP) is 2.50. The monoisotopic (exact) mass is 273 g/mol. The second-order valence-corrected chi connectivity index (χ2v) is 3.86. The van der Waals surface area contributed by atoms with E-state index in [1.54, 1.807) is 12.1 Å². The molecule has 1 rings (SSSR count). The molecule has 1 unspecified atom stereocenters. The fraction of sp³-hybridized carbons (Fsp3) is 0.462. The zero-order valence-corrected chi connectivity index (χ0v) is 10.9. The van der Waals surface area contributed by atoms with Crippen LogP contribution in [0.4, 0.5) is 8.78 Å². The number of alkyl halides is 2. The van der Waals surface area contributed by atoms with Gasteiger partial charge in [0, 0.05) is 0 Å². The average molecular weight is 273 g/mol. The zero-order chi connectivity index (χ0) is 14.3. The number of nitrogens with one attached hydrogen (secondary N) is 1. The number of ether oxygens (including phenoxy) is 2. The molecule has 0 aliphatic heterocycles. The standard InChI is InChI=1S/C13H17F2NO3/c1-3-8-16-11(12(17)18-2)9-4-6-10(7-5-9)19-13(14)15/h4-7,11,13,16H,3,8H2,1-2H3. The lowest BCUT2D eigenvalue weighted by Gasteiger charge is -2.16. The predicted molar refractivity (Wildman–Crippen MR) is 66.1 cm³/mol. The zero-order valence-electron chi connectivity index (χ0n) is 10.9. The quantitative estimate of drug-likeness (QED) is 0.775. The summed E-state index contributed by atoms with van der Waals surface area (Å²) in [6.07, 6.45) is 0.861. The van der Waals surface area contributed by atoms with E-state index >= 15 is 0 Å². The molecule has 0 spiro atoms. The molecule has 4 nitrogen and oxygen atoms in total. The molecule has 1 atom stereocenters. The van der Waals surface area contributed by atoms with Crippen molar-refractivity contribution in [3.8, 4) is 5.75 Å². The smallest absolute Gasteiger partial charge is 0.387 e. The first-order chi connectivity index (χ1) is 9.08. The van der Waals surface area contributed by atoms with Crippen molar-refractivity contribution in [2.24, 2.45) is 0 Å². The molecular weight excluding hydrogens is 256 g/mol. The lowest BCUT2D eigenvalue weighted by molar-refractivity contribution is -0.143. The molecular formula is C13H17F2NO3. The number of carbonyl (C=O) groups excluding carboxylic acids is 1. The third-order valence-corrected chi connectivity index (χ3v) is 2.47. The van der Waals surface area contributed by atoms with Gasteiger partial charge in [-0.3, -0.25) is 0 Å². The minimum absolute atomic E-state index is 0.0536. The number of hydrogen-bond acceptors (Lipinski definition) is 4. The van der Waals surface area contributed by atoms with Crippen LogP contribution in [0.5, 0.6) is 5.75 Å². The lowest BCUT2D eigenvalue weighted by Crippen LogP contribution is -2.30. The van der Waals surface area contributed by atoms with Gasteiger partial charge in [-0.25, -0.2) is 4.79 Å². The number of halogens is 2. The fourth-order valence-electron chi connectivity index (χ4n) is 1.59. The summed E-state index contributed by atoms with van der Waals surface area (Å²) in [5, 5.41) is 3.03. The van der Waals surface area contributed by atoms with Gasteiger partial charge >= 0.3 is 12.6 Å². The van der Waals surface area contributed by atoms with E-state index in [-0.39, 0.29) is 5.75 Å². The van der Waals surface area contributed by atoms with Crippen LogP contribution in [0.25, 0.3) is 0 Å². The molecule has 19 heavy (non-hydrogen) atoms. The average Bonchev–Trinajstić information content (AvgIpc) is 2.40. The third kappa shape index (κ3) is 4.82. The van der Waals surface area contributed by atoms with Crippen molar-refractivity contribution < 1.29 is 23.0 Å². The van der Waals surface area contributed by atoms with Gasteiger partial charge in [0.2, 0.25) is 0 Å². The molecule has 106 valence electrons. The van der Waals surface area contributed by atoms with E-state index in [0.29, 0.717) is 12.1 Å². The number of carbonyl (C=O) groups is 1. The Morgan fingerprint density at radius 2 is 1.95 bits per heavy atom. The van der Waals surface area contributed by atoms with Gasteiger partial charge in [-0.05, 0) is 30.7 Å². The molecule has 0 radical (unpaired) electrons. The first-order valence-corrected chi connectivity index (χ1v) is 5.94. The molecule has 0 aliphatic rings. The Morgan fingerprint density at radius 3 is 2.42 bits per heavy atom.